The molecule has 0 spiro atoms. The highest BCUT2D eigenvalue weighted by molar-refractivity contribution is 6.15. The molecular formula is C10H8N2O. The van der Waals surface area contributed by atoms with Crippen molar-refractivity contribution < 1.29 is 4.79 Å². The van der Waals surface area contributed by atoms with E-state index in [1.54, 1.807) is 6.08 Å². The van der Waals surface area contributed by atoms with Gasteiger partial charge in [-0.15, -0.1) is 0 Å². The Kier molecular flexibility index (Phi) is 1.10. The van der Waals surface area contributed by atoms with Crippen LogP contribution < -0.4 is 0 Å². The molecular weight excluding hydrogens is 164 g/mol. The van der Waals surface area contributed by atoms with E-state index in [4.69, 9.17) is 0 Å². The van der Waals surface area contributed by atoms with Crippen LogP contribution in [0.4, 0.5) is 0 Å². The normalized spacial score (nSPS) is 15.2. The summed E-state index contributed by atoms with van der Waals surface area (Å²) in [4.78, 5) is 17.7. The summed E-state index contributed by atoms with van der Waals surface area (Å²) in [5.41, 5.74) is 2.88. The summed E-state index contributed by atoms with van der Waals surface area (Å²) in [6.07, 6.45) is 8.10. The molecule has 0 amide bonds. The van der Waals surface area contributed by atoms with E-state index >= 15 is 0 Å². The molecule has 1 aliphatic carbocycles. The fourth-order valence-corrected chi connectivity index (χ4v) is 1.86. The summed E-state index contributed by atoms with van der Waals surface area (Å²) in [6.45, 7) is 0. The maximum absolute atomic E-state index is 11.5. The van der Waals surface area contributed by atoms with Crippen LogP contribution in [-0.2, 0) is 6.42 Å². The predicted octanol–water partition coefficient (Wildman–Crippen LogP) is 1.79. The zero-order valence-electron chi connectivity index (χ0n) is 6.92. The van der Waals surface area contributed by atoms with Crippen molar-refractivity contribution in [2.24, 2.45) is 0 Å². The number of aromatic amines is 2. The van der Waals surface area contributed by atoms with Crippen molar-refractivity contribution >= 4 is 16.7 Å². The Morgan fingerprint density at radius 2 is 2.23 bits per heavy atom. The lowest BCUT2D eigenvalue weighted by atomic mass is 10.0. The van der Waals surface area contributed by atoms with Gasteiger partial charge in [-0.1, -0.05) is 6.08 Å². The number of ketones is 1. The first-order chi connectivity index (χ1) is 6.36. The molecule has 13 heavy (non-hydrogen) atoms. The average Bonchev–Trinajstić information content (AvgIpc) is 2.62. The second kappa shape index (κ2) is 2.13. The van der Waals surface area contributed by atoms with Crippen molar-refractivity contribution in [1.82, 2.24) is 9.97 Å². The molecule has 2 heterocycles. The van der Waals surface area contributed by atoms with Crippen LogP contribution in [0.2, 0.25) is 0 Å². The zero-order chi connectivity index (χ0) is 8.84. The SMILES string of the molecule is O=C1C=CCc2[nH]c3c[nH]cc3c21. The minimum absolute atomic E-state index is 0.104. The van der Waals surface area contributed by atoms with Crippen LogP contribution >= 0.6 is 0 Å². The number of hydrogen-bond acceptors (Lipinski definition) is 1. The first-order valence-corrected chi connectivity index (χ1v) is 4.24. The number of carbonyl (C=O) groups excluding carboxylic acids is 1. The summed E-state index contributed by atoms with van der Waals surface area (Å²) in [7, 11) is 0. The van der Waals surface area contributed by atoms with Crippen molar-refractivity contribution in [2.45, 2.75) is 6.42 Å². The summed E-state index contributed by atoms with van der Waals surface area (Å²) in [5, 5.41) is 1.00. The van der Waals surface area contributed by atoms with Gasteiger partial charge in [0, 0.05) is 29.9 Å². The molecule has 0 radical (unpaired) electrons. The summed E-state index contributed by atoms with van der Waals surface area (Å²) in [6, 6.07) is 0. The fraction of sp³-hybridized carbons (Fsp3) is 0.100. The Bertz CT molecular complexity index is 516. The molecule has 0 saturated heterocycles. The van der Waals surface area contributed by atoms with E-state index < -0.39 is 0 Å². The Balaban J connectivity index is 2.43. The molecule has 0 saturated carbocycles. The third-order valence-corrected chi connectivity index (χ3v) is 2.44. The molecule has 3 nitrogen and oxygen atoms in total. The second-order valence-corrected chi connectivity index (χ2v) is 3.23. The highest BCUT2D eigenvalue weighted by Crippen LogP contribution is 2.25. The van der Waals surface area contributed by atoms with Crippen molar-refractivity contribution in [3.63, 3.8) is 0 Å². The van der Waals surface area contributed by atoms with E-state index in [1.165, 1.54) is 0 Å². The van der Waals surface area contributed by atoms with Gasteiger partial charge in [0.15, 0.2) is 5.78 Å². The lowest BCUT2D eigenvalue weighted by molar-refractivity contribution is 0.104. The first-order valence-electron chi connectivity index (χ1n) is 4.24. The van der Waals surface area contributed by atoms with Gasteiger partial charge in [-0.2, -0.15) is 0 Å². The average molecular weight is 172 g/mol. The number of nitrogens with one attached hydrogen (secondary N) is 2. The van der Waals surface area contributed by atoms with Gasteiger partial charge in [0.1, 0.15) is 0 Å². The number of carbonyl (C=O) groups is 1. The molecule has 0 unspecified atom stereocenters. The van der Waals surface area contributed by atoms with Crippen LogP contribution in [0.1, 0.15) is 16.1 Å². The van der Waals surface area contributed by atoms with Gasteiger partial charge in [-0.25, -0.2) is 0 Å². The Morgan fingerprint density at radius 3 is 3.15 bits per heavy atom. The third-order valence-electron chi connectivity index (χ3n) is 2.44. The number of hydrogen-bond donors (Lipinski definition) is 2. The largest absolute Gasteiger partial charge is 0.365 e. The predicted molar refractivity (Wildman–Crippen MR) is 49.8 cm³/mol. The molecule has 0 aromatic carbocycles. The van der Waals surface area contributed by atoms with Crippen molar-refractivity contribution in [3.05, 3.63) is 35.8 Å². The monoisotopic (exact) mass is 172 g/mol. The van der Waals surface area contributed by atoms with Crippen LogP contribution in [0.5, 0.6) is 0 Å². The van der Waals surface area contributed by atoms with Crippen LogP contribution in [0.15, 0.2) is 24.5 Å². The number of aromatic nitrogens is 2. The van der Waals surface area contributed by atoms with E-state index in [2.05, 4.69) is 9.97 Å². The molecule has 0 fully saturated rings. The Morgan fingerprint density at radius 1 is 1.31 bits per heavy atom. The minimum Gasteiger partial charge on any atom is -0.365 e. The molecule has 0 aliphatic heterocycles. The van der Waals surface area contributed by atoms with Crippen LogP contribution in [0.3, 0.4) is 0 Å². The molecule has 64 valence electrons. The molecule has 3 rings (SSSR count). The highest BCUT2D eigenvalue weighted by atomic mass is 16.1. The number of fused-ring (bicyclic) bond motifs is 3. The van der Waals surface area contributed by atoms with Gasteiger partial charge < -0.3 is 9.97 Å². The molecule has 0 bridgehead atoms. The van der Waals surface area contributed by atoms with Crippen LogP contribution in [0, 0.1) is 0 Å². The zero-order valence-corrected chi connectivity index (χ0v) is 6.92. The molecule has 2 aromatic rings. The van der Waals surface area contributed by atoms with Gasteiger partial charge in [0.05, 0.1) is 11.1 Å². The molecule has 2 N–H and O–H groups in total. The summed E-state index contributed by atoms with van der Waals surface area (Å²) >= 11 is 0. The first kappa shape index (κ1) is 6.71. The van der Waals surface area contributed by atoms with Gasteiger partial charge >= 0.3 is 0 Å². The molecule has 2 aromatic heterocycles. The molecule has 1 aliphatic rings. The van der Waals surface area contributed by atoms with Crippen LogP contribution in [-0.4, -0.2) is 15.8 Å². The van der Waals surface area contributed by atoms with Gasteiger partial charge in [-0.05, 0) is 6.08 Å². The molecule has 0 atom stereocenters. The maximum atomic E-state index is 11.5. The summed E-state index contributed by atoms with van der Waals surface area (Å²) in [5.74, 6) is 0.104. The standard InChI is InChI=1S/C10H8N2O/c13-9-3-1-2-7-10(9)6-4-11-5-8(6)12-7/h1,3-5,11-12H,2H2. The van der Waals surface area contributed by atoms with E-state index in [-0.39, 0.29) is 5.78 Å². The van der Waals surface area contributed by atoms with E-state index in [9.17, 15) is 4.79 Å². The second-order valence-electron chi connectivity index (χ2n) is 3.23. The maximum Gasteiger partial charge on any atom is 0.188 e. The Hall–Kier alpha value is -1.77. The number of H-pyrrole nitrogens is 2. The molecule has 3 heteroatoms. The summed E-state index contributed by atoms with van der Waals surface area (Å²) < 4.78 is 0. The third kappa shape index (κ3) is 0.758. The smallest absolute Gasteiger partial charge is 0.188 e. The fourth-order valence-electron chi connectivity index (χ4n) is 1.86. The Labute approximate surface area is 74.5 Å². The lowest BCUT2D eigenvalue weighted by Gasteiger charge is -2.02. The van der Waals surface area contributed by atoms with Crippen molar-refractivity contribution in [3.8, 4) is 0 Å². The van der Waals surface area contributed by atoms with Gasteiger partial charge in [-0.3, -0.25) is 4.79 Å². The van der Waals surface area contributed by atoms with Crippen molar-refractivity contribution in [1.29, 1.82) is 0 Å². The van der Waals surface area contributed by atoms with Gasteiger partial charge in [0.25, 0.3) is 0 Å². The van der Waals surface area contributed by atoms with Crippen LogP contribution in [0.25, 0.3) is 10.9 Å². The van der Waals surface area contributed by atoms with E-state index in [1.807, 2.05) is 18.5 Å². The number of allylic oxidation sites excluding steroid dienone is 2. The highest BCUT2D eigenvalue weighted by Gasteiger charge is 2.18. The topological polar surface area (TPSA) is 48.6 Å². The number of rotatable bonds is 0. The van der Waals surface area contributed by atoms with Crippen molar-refractivity contribution in [2.75, 3.05) is 0 Å². The van der Waals surface area contributed by atoms with Gasteiger partial charge in [0.2, 0.25) is 0 Å². The van der Waals surface area contributed by atoms with E-state index in [0.29, 0.717) is 0 Å². The lowest BCUT2D eigenvalue weighted by Crippen LogP contribution is -2.03. The minimum atomic E-state index is 0.104. The van der Waals surface area contributed by atoms with E-state index in [0.717, 1.165) is 28.6 Å². The quantitative estimate of drug-likeness (QED) is 0.625.